The Morgan fingerprint density at radius 1 is 1.52 bits per heavy atom. The molecule has 2 aliphatic rings. The average Bonchev–Trinajstić information content (AvgIpc) is 3.19. The van der Waals surface area contributed by atoms with Gasteiger partial charge >= 0.3 is 0 Å². The van der Waals surface area contributed by atoms with Crippen molar-refractivity contribution in [1.29, 1.82) is 0 Å². The predicted molar refractivity (Wildman–Crippen MR) is 82.0 cm³/mol. The molecule has 0 bridgehead atoms. The molecule has 1 aromatic heterocycles. The molecule has 1 heterocycles. The molecule has 2 saturated carbocycles. The van der Waals surface area contributed by atoms with Crippen LogP contribution in [0.4, 0.5) is 5.69 Å². The Bertz CT molecular complexity index is 536. The van der Waals surface area contributed by atoms with E-state index in [1.54, 1.807) is 6.07 Å². The van der Waals surface area contributed by atoms with E-state index >= 15 is 0 Å². The van der Waals surface area contributed by atoms with Crippen molar-refractivity contribution in [3.05, 3.63) is 18.0 Å². The van der Waals surface area contributed by atoms with Crippen LogP contribution in [0.2, 0.25) is 0 Å². The molecule has 0 aliphatic heterocycles. The molecule has 21 heavy (non-hydrogen) atoms. The number of hydrogen-bond acceptors (Lipinski definition) is 3. The Morgan fingerprint density at radius 3 is 2.95 bits per heavy atom. The zero-order valence-electron chi connectivity index (χ0n) is 12.6. The summed E-state index contributed by atoms with van der Waals surface area (Å²) in [5, 5.41) is 13.5. The molecule has 1 aromatic rings. The second-order valence-corrected chi connectivity index (χ2v) is 6.91. The van der Waals surface area contributed by atoms with E-state index in [1.807, 2.05) is 10.8 Å². The van der Waals surface area contributed by atoms with E-state index in [2.05, 4.69) is 12.2 Å². The van der Waals surface area contributed by atoms with Crippen LogP contribution < -0.4 is 11.1 Å². The smallest absolute Gasteiger partial charge is 0.268 e. The summed E-state index contributed by atoms with van der Waals surface area (Å²) in [4.78, 5) is 12.4. The molecular weight excluding hydrogens is 266 g/mol. The quantitative estimate of drug-likeness (QED) is 0.794. The lowest BCUT2D eigenvalue weighted by Crippen LogP contribution is -2.46. The largest absolute Gasteiger partial charge is 0.397 e. The maximum Gasteiger partial charge on any atom is 0.268 e. The maximum absolute atomic E-state index is 12.4. The number of nitrogens with one attached hydrogen (secondary N) is 1. The van der Waals surface area contributed by atoms with Gasteiger partial charge in [0.1, 0.15) is 5.69 Å². The number of hydrogen-bond donors (Lipinski definition) is 3. The fraction of sp³-hybridized carbons (Fsp3) is 0.688. The van der Waals surface area contributed by atoms with Crippen LogP contribution in [0.1, 0.15) is 62.0 Å². The minimum Gasteiger partial charge on any atom is -0.397 e. The average molecular weight is 291 g/mol. The van der Waals surface area contributed by atoms with Gasteiger partial charge in [-0.25, -0.2) is 0 Å². The Morgan fingerprint density at radius 2 is 2.29 bits per heavy atom. The second-order valence-electron chi connectivity index (χ2n) is 6.91. The van der Waals surface area contributed by atoms with Gasteiger partial charge in [-0.3, -0.25) is 4.79 Å². The summed E-state index contributed by atoms with van der Waals surface area (Å²) in [5.74, 6) is 0.386. The lowest BCUT2D eigenvalue weighted by molar-refractivity contribution is -0.0110. The first-order valence-electron chi connectivity index (χ1n) is 7.95. The van der Waals surface area contributed by atoms with E-state index in [4.69, 9.17) is 5.73 Å². The van der Waals surface area contributed by atoms with E-state index < -0.39 is 5.60 Å². The minimum atomic E-state index is -0.754. The topological polar surface area (TPSA) is 80.3 Å². The fourth-order valence-electron chi connectivity index (χ4n) is 3.47. The van der Waals surface area contributed by atoms with Crippen molar-refractivity contribution >= 4 is 11.6 Å². The highest BCUT2D eigenvalue weighted by Gasteiger charge is 2.34. The van der Waals surface area contributed by atoms with E-state index in [1.165, 1.54) is 0 Å². The number of rotatable bonds is 4. The number of amides is 1. The summed E-state index contributed by atoms with van der Waals surface area (Å²) in [6.45, 7) is 2.48. The monoisotopic (exact) mass is 291 g/mol. The van der Waals surface area contributed by atoms with Crippen molar-refractivity contribution in [1.82, 2.24) is 9.88 Å². The Hall–Kier alpha value is -1.49. The van der Waals surface area contributed by atoms with Gasteiger partial charge in [-0.2, -0.15) is 0 Å². The van der Waals surface area contributed by atoms with Crippen LogP contribution in [0.25, 0.3) is 0 Å². The molecule has 5 heteroatoms. The van der Waals surface area contributed by atoms with Crippen LogP contribution in [0, 0.1) is 5.92 Å². The molecule has 2 aliphatic carbocycles. The summed E-state index contributed by atoms with van der Waals surface area (Å²) in [6.07, 6.45) is 7.77. The number of carbonyl (C=O) groups is 1. The molecular formula is C16H25N3O2. The first kappa shape index (κ1) is 14.4. The highest BCUT2D eigenvalue weighted by Crippen LogP contribution is 2.37. The third-order valence-electron chi connectivity index (χ3n) is 4.69. The number of aliphatic hydroxyl groups is 1. The molecule has 0 aromatic carbocycles. The van der Waals surface area contributed by atoms with E-state index in [0.29, 0.717) is 29.9 Å². The van der Waals surface area contributed by atoms with Gasteiger partial charge in [-0.1, -0.05) is 19.8 Å². The Kier molecular flexibility index (Phi) is 3.69. The molecule has 4 N–H and O–H groups in total. The van der Waals surface area contributed by atoms with Crippen molar-refractivity contribution in [2.24, 2.45) is 5.92 Å². The molecule has 2 unspecified atom stereocenters. The lowest BCUT2D eigenvalue weighted by atomic mass is 9.79. The predicted octanol–water partition coefficient (Wildman–Crippen LogP) is 2.08. The van der Waals surface area contributed by atoms with Crippen LogP contribution in [0.15, 0.2) is 12.3 Å². The summed E-state index contributed by atoms with van der Waals surface area (Å²) in [6, 6.07) is 2.14. The van der Waals surface area contributed by atoms with Crippen LogP contribution in [-0.4, -0.2) is 27.7 Å². The van der Waals surface area contributed by atoms with Gasteiger partial charge in [0.2, 0.25) is 0 Å². The second kappa shape index (κ2) is 5.37. The number of anilines is 1. The molecule has 3 rings (SSSR count). The highest BCUT2D eigenvalue weighted by molar-refractivity contribution is 5.94. The van der Waals surface area contributed by atoms with Crippen LogP contribution in [0.5, 0.6) is 0 Å². The molecule has 2 fully saturated rings. The van der Waals surface area contributed by atoms with Crippen molar-refractivity contribution in [2.45, 2.75) is 57.1 Å². The van der Waals surface area contributed by atoms with Gasteiger partial charge in [0.15, 0.2) is 0 Å². The van der Waals surface area contributed by atoms with Gasteiger partial charge in [0.25, 0.3) is 5.91 Å². The summed E-state index contributed by atoms with van der Waals surface area (Å²) in [7, 11) is 0. The number of carbonyl (C=O) groups excluding carboxylic acids is 1. The van der Waals surface area contributed by atoms with Crippen LogP contribution in [-0.2, 0) is 0 Å². The molecule has 116 valence electrons. The molecule has 5 nitrogen and oxygen atoms in total. The van der Waals surface area contributed by atoms with Crippen molar-refractivity contribution in [3.8, 4) is 0 Å². The standard InChI is InChI=1S/C16H25N3O2/c1-11-3-2-6-16(21,8-11)10-18-15(20)14-7-12(17)9-19(14)13-4-5-13/h7,9,11,13,21H,2-6,8,10,17H2,1H3,(H,18,20). The molecule has 1 amide bonds. The van der Waals surface area contributed by atoms with Gasteiger partial charge in [0, 0.05) is 18.8 Å². The Labute approximate surface area is 125 Å². The van der Waals surface area contributed by atoms with E-state index in [9.17, 15) is 9.90 Å². The number of nitrogens with zero attached hydrogens (tertiary/aromatic N) is 1. The third kappa shape index (κ3) is 3.23. The number of nitrogen functional groups attached to an aromatic ring is 1. The zero-order chi connectivity index (χ0) is 15.0. The zero-order valence-corrected chi connectivity index (χ0v) is 12.6. The number of aromatic nitrogens is 1. The highest BCUT2D eigenvalue weighted by atomic mass is 16.3. The number of nitrogens with two attached hydrogens (primary N) is 1. The van der Waals surface area contributed by atoms with Gasteiger partial charge in [-0.05, 0) is 37.7 Å². The van der Waals surface area contributed by atoms with Crippen molar-refractivity contribution in [2.75, 3.05) is 12.3 Å². The minimum absolute atomic E-state index is 0.134. The first-order chi connectivity index (χ1) is 9.97. The van der Waals surface area contributed by atoms with Gasteiger partial charge in [-0.15, -0.1) is 0 Å². The van der Waals surface area contributed by atoms with Crippen LogP contribution >= 0.6 is 0 Å². The summed E-state index contributed by atoms with van der Waals surface area (Å²) >= 11 is 0. The first-order valence-corrected chi connectivity index (χ1v) is 7.95. The summed E-state index contributed by atoms with van der Waals surface area (Å²) in [5.41, 5.74) is 6.30. The SMILES string of the molecule is CC1CCCC(O)(CNC(=O)c2cc(N)cn2C2CC2)C1. The van der Waals surface area contributed by atoms with Crippen molar-refractivity contribution in [3.63, 3.8) is 0 Å². The summed E-state index contributed by atoms with van der Waals surface area (Å²) < 4.78 is 1.97. The van der Waals surface area contributed by atoms with E-state index in [0.717, 1.165) is 38.5 Å². The molecule has 0 saturated heterocycles. The lowest BCUT2D eigenvalue weighted by Gasteiger charge is -2.35. The maximum atomic E-state index is 12.4. The van der Waals surface area contributed by atoms with Gasteiger partial charge < -0.3 is 20.7 Å². The third-order valence-corrected chi connectivity index (χ3v) is 4.69. The van der Waals surface area contributed by atoms with Crippen LogP contribution in [0.3, 0.4) is 0 Å². The molecule has 0 spiro atoms. The fourth-order valence-corrected chi connectivity index (χ4v) is 3.47. The van der Waals surface area contributed by atoms with Crippen molar-refractivity contribution < 1.29 is 9.90 Å². The molecule has 2 atom stereocenters. The normalized spacial score (nSPS) is 29.3. The van der Waals surface area contributed by atoms with E-state index in [-0.39, 0.29) is 5.91 Å². The van der Waals surface area contributed by atoms with Gasteiger partial charge in [0.05, 0.1) is 11.3 Å². The molecule has 0 radical (unpaired) electrons. The Balaban J connectivity index is 1.64.